The fourth-order valence-corrected chi connectivity index (χ4v) is 3.88. The van der Waals surface area contributed by atoms with Crippen LogP contribution in [0.15, 0.2) is 26.6 Å². The molecule has 1 spiro atoms. The van der Waals surface area contributed by atoms with Gasteiger partial charge in [-0.05, 0) is 47.7 Å². The lowest BCUT2D eigenvalue weighted by atomic mass is 9.87. The number of anilines is 1. The quantitative estimate of drug-likeness (QED) is 0.724. The van der Waals surface area contributed by atoms with E-state index in [2.05, 4.69) is 25.9 Å². The summed E-state index contributed by atoms with van der Waals surface area (Å²) in [6.07, 6.45) is 4.68. The van der Waals surface area contributed by atoms with E-state index in [4.69, 9.17) is 23.1 Å². The summed E-state index contributed by atoms with van der Waals surface area (Å²) in [6.45, 7) is 0. The van der Waals surface area contributed by atoms with E-state index in [1.807, 2.05) is 0 Å². The van der Waals surface area contributed by atoms with E-state index in [0.717, 1.165) is 32.1 Å². The highest BCUT2D eigenvalue weighted by Gasteiger charge is 2.43. The Morgan fingerprint density at radius 2 is 1.91 bits per heavy atom. The fraction of sp³-hybridized carbons (Fsp3) is 0.429. The second-order valence-corrected chi connectivity index (χ2v) is 6.80. The van der Waals surface area contributed by atoms with Crippen molar-refractivity contribution >= 4 is 45.1 Å². The van der Waals surface area contributed by atoms with Crippen LogP contribution in [0, 0.1) is 5.82 Å². The van der Waals surface area contributed by atoms with Gasteiger partial charge in [0.05, 0.1) is 15.2 Å². The highest BCUT2D eigenvalue weighted by Crippen LogP contribution is 2.42. The Hall–Kier alpha value is -1.34. The minimum atomic E-state index is -0.627. The summed E-state index contributed by atoms with van der Waals surface area (Å²) < 4.78 is 14.3. The van der Waals surface area contributed by atoms with Crippen molar-refractivity contribution in [3.05, 3.63) is 27.4 Å². The first-order valence-electron chi connectivity index (χ1n) is 7.07. The third-order valence-electron chi connectivity index (χ3n) is 4.08. The van der Waals surface area contributed by atoms with Crippen molar-refractivity contribution in [2.75, 3.05) is 4.90 Å². The van der Waals surface area contributed by atoms with E-state index in [0.29, 0.717) is 15.2 Å². The number of aliphatic imine (C=N–C) groups is 2. The molecule has 3 rings (SSSR count). The molecule has 0 radical (unpaired) electrons. The Morgan fingerprint density at radius 3 is 2.59 bits per heavy atom. The van der Waals surface area contributed by atoms with Gasteiger partial charge in [-0.3, -0.25) is 4.90 Å². The highest BCUT2D eigenvalue weighted by atomic mass is 79.9. The predicted octanol–water partition coefficient (Wildman–Crippen LogP) is 3.35. The highest BCUT2D eigenvalue weighted by molar-refractivity contribution is 9.10. The molecule has 0 aromatic heterocycles. The largest absolute Gasteiger partial charge is 0.369 e. The summed E-state index contributed by atoms with van der Waals surface area (Å²) in [5.41, 5.74) is 11.7. The first kappa shape index (κ1) is 15.6. The molecule has 0 atom stereocenters. The molecule has 118 valence electrons. The molecule has 1 aliphatic heterocycles. The molecular formula is C14H16BrClFN5. The van der Waals surface area contributed by atoms with Gasteiger partial charge in [0.15, 0.2) is 0 Å². The topological polar surface area (TPSA) is 80.0 Å². The minimum Gasteiger partial charge on any atom is -0.369 e. The molecule has 1 aromatic rings. The number of guanidine groups is 2. The van der Waals surface area contributed by atoms with Crippen LogP contribution in [-0.2, 0) is 0 Å². The zero-order valence-electron chi connectivity index (χ0n) is 11.8. The van der Waals surface area contributed by atoms with Crippen LogP contribution in [0.4, 0.5) is 10.1 Å². The van der Waals surface area contributed by atoms with Gasteiger partial charge in [-0.25, -0.2) is 9.38 Å². The van der Waals surface area contributed by atoms with Gasteiger partial charge in [-0.15, -0.1) is 0 Å². The SMILES string of the molecule is NC1=NC2(CCCCC2)N(c2cc(F)c(Br)cc2Cl)C(N)=N1. The summed E-state index contributed by atoms with van der Waals surface area (Å²) in [6, 6.07) is 2.86. The molecule has 1 fully saturated rings. The van der Waals surface area contributed by atoms with Crippen LogP contribution in [-0.4, -0.2) is 17.6 Å². The molecule has 0 bridgehead atoms. The van der Waals surface area contributed by atoms with Gasteiger partial charge in [0.25, 0.3) is 0 Å². The van der Waals surface area contributed by atoms with E-state index in [9.17, 15) is 4.39 Å². The molecular weight excluding hydrogens is 373 g/mol. The molecule has 0 saturated heterocycles. The maximum absolute atomic E-state index is 14.0. The van der Waals surface area contributed by atoms with Crippen LogP contribution in [0.3, 0.4) is 0 Å². The second-order valence-electron chi connectivity index (χ2n) is 5.54. The predicted molar refractivity (Wildman–Crippen MR) is 90.6 cm³/mol. The first-order valence-corrected chi connectivity index (χ1v) is 8.24. The summed E-state index contributed by atoms with van der Waals surface area (Å²) in [7, 11) is 0. The average Bonchev–Trinajstić information content (AvgIpc) is 2.44. The van der Waals surface area contributed by atoms with Crippen molar-refractivity contribution in [3.63, 3.8) is 0 Å². The molecule has 2 aliphatic rings. The maximum atomic E-state index is 14.0. The summed E-state index contributed by atoms with van der Waals surface area (Å²) in [5, 5.41) is 0.382. The fourth-order valence-electron chi connectivity index (χ4n) is 3.15. The smallest absolute Gasteiger partial charge is 0.220 e. The first-order chi connectivity index (χ1) is 10.4. The molecule has 8 heteroatoms. The molecule has 1 aliphatic carbocycles. The van der Waals surface area contributed by atoms with E-state index in [1.54, 1.807) is 4.90 Å². The molecule has 1 aromatic carbocycles. The number of benzene rings is 1. The van der Waals surface area contributed by atoms with Crippen molar-refractivity contribution in [3.8, 4) is 0 Å². The van der Waals surface area contributed by atoms with Gasteiger partial charge in [-0.2, -0.15) is 4.99 Å². The van der Waals surface area contributed by atoms with Crippen LogP contribution < -0.4 is 16.4 Å². The monoisotopic (exact) mass is 387 g/mol. The maximum Gasteiger partial charge on any atom is 0.220 e. The summed E-state index contributed by atoms with van der Waals surface area (Å²) in [4.78, 5) is 10.3. The second kappa shape index (κ2) is 5.70. The summed E-state index contributed by atoms with van der Waals surface area (Å²) >= 11 is 9.44. The Labute approximate surface area is 141 Å². The van der Waals surface area contributed by atoms with E-state index in [1.165, 1.54) is 12.1 Å². The Kier molecular flexibility index (Phi) is 4.03. The Morgan fingerprint density at radius 1 is 1.23 bits per heavy atom. The Balaban J connectivity index is 2.14. The zero-order chi connectivity index (χ0) is 15.9. The van der Waals surface area contributed by atoms with E-state index in [-0.39, 0.29) is 11.9 Å². The lowest BCUT2D eigenvalue weighted by Crippen LogP contribution is -2.58. The lowest BCUT2D eigenvalue weighted by Gasteiger charge is -2.45. The Bertz CT molecular complexity index is 669. The molecule has 0 amide bonds. The number of hydrogen-bond acceptors (Lipinski definition) is 5. The molecule has 0 unspecified atom stereocenters. The molecule has 22 heavy (non-hydrogen) atoms. The number of halogens is 3. The van der Waals surface area contributed by atoms with E-state index >= 15 is 0 Å². The van der Waals surface area contributed by atoms with E-state index < -0.39 is 11.5 Å². The van der Waals surface area contributed by atoms with Gasteiger partial charge >= 0.3 is 0 Å². The van der Waals surface area contributed by atoms with Gasteiger partial charge in [-0.1, -0.05) is 18.0 Å². The van der Waals surface area contributed by atoms with Gasteiger partial charge < -0.3 is 11.5 Å². The number of rotatable bonds is 1. The zero-order valence-corrected chi connectivity index (χ0v) is 14.2. The van der Waals surface area contributed by atoms with Crippen molar-refractivity contribution in [2.24, 2.45) is 21.5 Å². The number of nitrogens with zero attached hydrogens (tertiary/aromatic N) is 3. The van der Waals surface area contributed by atoms with Crippen LogP contribution in [0.25, 0.3) is 0 Å². The normalized spacial score (nSPS) is 20.8. The molecule has 4 N–H and O–H groups in total. The van der Waals surface area contributed by atoms with Gasteiger partial charge in [0.2, 0.25) is 11.9 Å². The summed E-state index contributed by atoms with van der Waals surface area (Å²) in [5.74, 6) is -0.0666. The van der Waals surface area contributed by atoms with Gasteiger partial charge in [0, 0.05) is 6.07 Å². The van der Waals surface area contributed by atoms with Crippen LogP contribution >= 0.6 is 27.5 Å². The van der Waals surface area contributed by atoms with Crippen molar-refractivity contribution in [1.29, 1.82) is 0 Å². The standard InChI is InChI=1S/C14H16BrClFN5/c15-8-6-9(16)11(7-10(8)17)22-13(19)20-12(18)21-14(22)4-2-1-3-5-14/h6-7H,1-5H2,(H4,18,19,20,21). The lowest BCUT2D eigenvalue weighted by molar-refractivity contribution is 0.305. The third-order valence-corrected chi connectivity index (χ3v) is 4.99. The van der Waals surface area contributed by atoms with Crippen molar-refractivity contribution < 1.29 is 4.39 Å². The van der Waals surface area contributed by atoms with Crippen molar-refractivity contribution in [2.45, 2.75) is 37.8 Å². The van der Waals surface area contributed by atoms with Crippen LogP contribution in [0.2, 0.25) is 5.02 Å². The van der Waals surface area contributed by atoms with Crippen LogP contribution in [0.1, 0.15) is 32.1 Å². The molecule has 1 heterocycles. The van der Waals surface area contributed by atoms with Gasteiger partial charge in [0.1, 0.15) is 11.5 Å². The third kappa shape index (κ3) is 2.56. The average molecular weight is 389 g/mol. The van der Waals surface area contributed by atoms with Crippen LogP contribution in [0.5, 0.6) is 0 Å². The number of hydrogen-bond donors (Lipinski definition) is 2. The number of nitrogens with two attached hydrogens (primary N) is 2. The van der Waals surface area contributed by atoms with Crippen molar-refractivity contribution in [1.82, 2.24) is 0 Å². The minimum absolute atomic E-state index is 0.157. The molecule has 1 saturated carbocycles. The molecule has 5 nitrogen and oxygen atoms in total.